The second-order valence-electron chi connectivity index (χ2n) is 6.56. The van der Waals surface area contributed by atoms with Gasteiger partial charge in [-0.15, -0.1) is 0 Å². The maximum atomic E-state index is 12.6. The normalized spacial score (nSPS) is 19.8. The third-order valence-corrected chi connectivity index (χ3v) is 4.00. The number of hydrogen-bond donors (Lipinski definition) is 2. The number of hydrogen-bond acceptors (Lipinski definition) is 3. The van der Waals surface area contributed by atoms with Crippen LogP contribution in [-0.4, -0.2) is 34.5 Å². The lowest BCUT2D eigenvalue weighted by Crippen LogP contribution is -2.54. The fourth-order valence-electron chi connectivity index (χ4n) is 2.62. The number of fused-ring (bicyclic) bond motifs is 1. The number of carboxylic acids is 1. The van der Waals surface area contributed by atoms with Gasteiger partial charge < -0.3 is 15.7 Å². The zero-order chi connectivity index (χ0) is 15.8. The lowest BCUT2D eigenvalue weighted by molar-refractivity contribution is -0.152. The molecule has 0 saturated carbocycles. The van der Waals surface area contributed by atoms with Crippen LogP contribution in [0.25, 0.3) is 0 Å². The molecule has 0 bridgehead atoms. The van der Waals surface area contributed by atoms with Crippen LogP contribution >= 0.6 is 0 Å². The molecule has 0 spiro atoms. The Labute approximate surface area is 124 Å². The highest BCUT2D eigenvalue weighted by Crippen LogP contribution is 2.32. The summed E-state index contributed by atoms with van der Waals surface area (Å²) in [5.41, 5.74) is 7.29. The number of nitrogens with two attached hydrogens (primary N) is 1. The highest BCUT2D eigenvalue weighted by Gasteiger charge is 2.40. The van der Waals surface area contributed by atoms with Crippen LogP contribution in [0.4, 0.5) is 0 Å². The first kappa shape index (κ1) is 15.5. The Kier molecular flexibility index (Phi) is 4.05. The lowest BCUT2D eigenvalue weighted by Gasteiger charge is -2.38. The molecule has 5 nitrogen and oxygen atoms in total. The van der Waals surface area contributed by atoms with E-state index in [1.54, 1.807) is 12.1 Å². The smallest absolute Gasteiger partial charge is 0.331 e. The molecular formula is C16H22N2O3. The van der Waals surface area contributed by atoms with Gasteiger partial charge in [-0.05, 0) is 23.0 Å². The second-order valence-corrected chi connectivity index (χ2v) is 6.56. The van der Waals surface area contributed by atoms with Crippen molar-refractivity contribution in [2.45, 2.75) is 39.3 Å². The predicted octanol–water partition coefficient (Wildman–Crippen LogP) is 1.57. The summed E-state index contributed by atoms with van der Waals surface area (Å²) in [5.74, 6) is -1.32. The Hall–Kier alpha value is -1.88. The SMILES string of the molecule is CC(C)(C)[C@H](N)C(=O)N1CCc2ccccc2C1C(=O)O. The Morgan fingerprint density at radius 1 is 1.33 bits per heavy atom. The van der Waals surface area contributed by atoms with E-state index >= 15 is 0 Å². The van der Waals surface area contributed by atoms with E-state index in [-0.39, 0.29) is 5.91 Å². The molecule has 1 aliphatic rings. The molecular weight excluding hydrogens is 268 g/mol. The number of amides is 1. The highest BCUT2D eigenvalue weighted by atomic mass is 16.4. The van der Waals surface area contributed by atoms with Crippen molar-refractivity contribution in [1.82, 2.24) is 4.90 Å². The van der Waals surface area contributed by atoms with Gasteiger partial charge in [0.1, 0.15) is 0 Å². The Morgan fingerprint density at radius 3 is 2.52 bits per heavy atom. The summed E-state index contributed by atoms with van der Waals surface area (Å²) in [6.45, 7) is 6.02. The van der Waals surface area contributed by atoms with Crippen LogP contribution in [0.5, 0.6) is 0 Å². The van der Waals surface area contributed by atoms with E-state index in [9.17, 15) is 14.7 Å². The number of rotatable bonds is 2. The quantitative estimate of drug-likeness (QED) is 0.866. The van der Waals surface area contributed by atoms with E-state index < -0.39 is 23.5 Å². The summed E-state index contributed by atoms with van der Waals surface area (Å²) < 4.78 is 0. The first-order valence-corrected chi connectivity index (χ1v) is 7.10. The molecule has 5 heteroatoms. The summed E-state index contributed by atoms with van der Waals surface area (Å²) >= 11 is 0. The molecule has 0 aromatic heterocycles. The number of benzene rings is 1. The lowest BCUT2D eigenvalue weighted by atomic mass is 9.85. The van der Waals surface area contributed by atoms with Gasteiger partial charge in [0.05, 0.1) is 6.04 Å². The topological polar surface area (TPSA) is 83.6 Å². The minimum Gasteiger partial charge on any atom is -0.479 e. The number of carboxylic acid groups (broad SMARTS) is 1. The Balaban J connectivity index is 2.37. The second kappa shape index (κ2) is 5.48. The van der Waals surface area contributed by atoms with Crippen LogP contribution in [0.15, 0.2) is 24.3 Å². The Morgan fingerprint density at radius 2 is 1.95 bits per heavy atom. The molecule has 1 aromatic carbocycles. The molecule has 1 heterocycles. The van der Waals surface area contributed by atoms with Crippen LogP contribution < -0.4 is 5.73 Å². The molecule has 0 aliphatic carbocycles. The molecule has 1 aliphatic heterocycles. The van der Waals surface area contributed by atoms with Crippen molar-refractivity contribution in [3.8, 4) is 0 Å². The summed E-state index contributed by atoms with van der Waals surface area (Å²) in [5, 5.41) is 9.55. The number of aliphatic carboxylic acids is 1. The van der Waals surface area contributed by atoms with E-state index in [1.807, 2.05) is 32.9 Å². The molecule has 0 saturated heterocycles. The molecule has 0 fully saturated rings. The van der Waals surface area contributed by atoms with Crippen molar-refractivity contribution in [2.24, 2.45) is 11.1 Å². The van der Waals surface area contributed by atoms with E-state index in [2.05, 4.69) is 0 Å². The van der Waals surface area contributed by atoms with Crippen LogP contribution in [0.3, 0.4) is 0 Å². The first-order valence-electron chi connectivity index (χ1n) is 7.10. The maximum Gasteiger partial charge on any atom is 0.331 e. The standard InChI is InChI=1S/C16H22N2O3/c1-16(2,3)13(17)14(19)18-9-8-10-6-4-5-7-11(10)12(18)15(20)21/h4-7,12-13H,8-9,17H2,1-3H3,(H,20,21)/t12?,13-/m1/s1. The van der Waals surface area contributed by atoms with Gasteiger partial charge in [0, 0.05) is 6.54 Å². The van der Waals surface area contributed by atoms with Crippen LogP contribution in [0.1, 0.15) is 37.9 Å². The van der Waals surface area contributed by atoms with Gasteiger partial charge in [0.25, 0.3) is 0 Å². The summed E-state index contributed by atoms with van der Waals surface area (Å²) in [7, 11) is 0. The highest BCUT2D eigenvalue weighted by molar-refractivity contribution is 5.88. The molecule has 1 amide bonds. The van der Waals surface area contributed by atoms with Crippen molar-refractivity contribution in [2.75, 3.05) is 6.54 Å². The minimum atomic E-state index is -1.02. The third kappa shape index (κ3) is 2.93. The van der Waals surface area contributed by atoms with Crippen molar-refractivity contribution >= 4 is 11.9 Å². The van der Waals surface area contributed by atoms with Crippen LogP contribution in [0.2, 0.25) is 0 Å². The van der Waals surface area contributed by atoms with Gasteiger partial charge >= 0.3 is 5.97 Å². The molecule has 0 radical (unpaired) electrons. The van der Waals surface area contributed by atoms with Crippen molar-refractivity contribution in [1.29, 1.82) is 0 Å². The van der Waals surface area contributed by atoms with Gasteiger partial charge in [0.2, 0.25) is 5.91 Å². The van der Waals surface area contributed by atoms with E-state index in [4.69, 9.17) is 5.73 Å². The summed E-state index contributed by atoms with van der Waals surface area (Å²) in [4.78, 5) is 25.7. The van der Waals surface area contributed by atoms with Crippen molar-refractivity contribution < 1.29 is 14.7 Å². The largest absolute Gasteiger partial charge is 0.479 e. The zero-order valence-electron chi connectivity index (χ0n) is 12.7. The molecule has 2 atom stereocenters. The molecule has 3 N–H and O–H groups in total. The molecule has 1 unspecified atom stereocenters. The number of carbonyl (C=O) groups is 2. The Bertz CT molecular complexity index is 563. The van der Waals surface area contributed by atoms with E-state index in [1.165, 1.54) is 4.90 Å². The van der Waals surface area contributed by atoms with E-state index in [0.717, 1.165) is 5.56 Å². The van der Waals surface area contributed by atoms with Crippen LogP contribution in [-0.2, 0) is 16.0 Å². The number of nitrogens with zero attached hydrogens (tertiary/aromatic N) is 1. The first-order chi connectivity index (χ1) is 9.73. The van der Waals surface area contributed by atoms with Gasteiger partial charge in [-0.3, -0.25) is 4.79 Å². The minimum absolute atomic E-state index is 0.301. The average Bonchev–Trinajstić information content (AvgIpc) is 2.43. The van der Waals surface area contributed by atoms with E-state index in [0.29, 0.717) is 18.5 Å². The van der Waals surface area contributed by atoms with Gasteiger partial charge in [-0.25, -0.2) is 4.79 Å². The van der Waals surface area contributed by atoms with Gasteiger partial charge in [-0.1, -0.05) is 45.0 Å². The monoisotopic (exact) mass is 290 g/mol. The van der Waals surface area contributed by atoms with Gasteiger partial charge in [0.15, 0.2) is 6.04 Å². The zero-order valence-corrected chi connectivity index (χ0v) is 12.7. The third-order valence-electron chi connectivity index (χ3n) is 4.00. The van der Waals surface area contributed by atoms with Crippen LogP contribution in [0, 0.1) is 5.41 Å². The maximum absolute atomic E-state index is 12.6. The predicted molar refractivity (Wildman–Crippen MR) is 79.7 cm³/mol. The average molecular weight is 290 g/mol. The van der Waals surface area contributed by atoms with Crippen molar-refractivity contribution in [3.05, 3.63) is 35.4 Å². The summed E-state index contributed by atoms with van der Waals surface area (Å²) in [6, 6.07) is 5.70. The fourth-order valence-corrected chi connectivity index (χ4v) is 2.62. The molecule has 2 rings (SSSR count). The van der Waals surface area contributed by atoms with Crippen molar-refractivity contribution in [3.63, 3.8) is 0 Å². The molecule has 114 valence electrons. The fraction of sp³-hybridized carbons (Fsp3) is 0.500. The van der Waals surface area contributed by atoms with Gasteiger partial charge in [-0.2, -0.15) is 0 Å². The summed E-state index contributed by atoms with van der Waals surface area (Å²) in [6.07, 6.45) is 0.655. The molecule has 1 aromatic rings. The number of carbonyl (C=O) groups excluding carboxylic acids is 1. The molecule has 21 heavy (non-hydrogen) atoms.